The minimum atomic E-state index is -0.555. The van der Waals surface area contributed by atoms with E-state index in [1.165, 1.54) is 0 Å². The molecule has 1 aromatic heterocycles. The number of hydrogen-bond donors (Lipinski definition) is 0. The van der Waals surface area contributed by atoms with Crippen LogP contribution >= 0.6 is 0 Å². The second-order valence-corrected chi connectivity index (χ2v) is 9.95. The predicted octanol–water partition coefficient (Wildman–Crippen LogP) is 4.98. The van der Waals surface area contributed by atoms with E-state index in [1.807, 2.05) is 51.2 Å². The highest BCUT2D eigenvalue weighted by Gasteiger charge is 2.28. The smallest absolute Gasteiger partial charge is 0.410 e. The molecular formula is C28H33N3O4. The van der Waals surface area contributed by atoms with Gasteiger partial charge in [-0.2, -0.15) is 0 Å². The standard InChI is InChI=1S/C28H33N3O4/c1-5-12-29-13-11-20-18-22(9-10-24(20)29)25(32)21-7-6-8-23(19-21)26(33)30-14-16-31(17-15-30)27(34)35-28(2,3)4/h6-11,13,18-19H,5,12,14-17H2,1-4H3. The Hall–Kier alpha value is -3.61. The summed E-state index contributed by atoms with van der Waals surface area (Å²) in [5, 5.41) is 1.03. The number of ketones is 1. The first kappa shape index (κ1) is 24.5. The van der Waals surface area contributed by atoms with Gasteiger partial charge in [-0.05, 0) is 63.6 Å². The second-order valence-electron chi connectivity index (χ2n) is 9.95. The van der Waals surface area contributed by atoms with Gasteiger partial charge in [0.1, 0.15) is 5.60 Å². The maximum atomic E-state index is 13.2. The van der Waals surface area contributed by atoms with Gasteiger partial charge >= 0.3 is 6.09 Å². The molecule has 1 fully saturated rings. The summed E-state index contributed by atoms with van der Waals surface area (Å²) < 4.78 is 7.61. The van der Waals surface area contributed by atoms with Crippen molar-refractivity contribution in [2.45, 2.75) is 46.3 Å². The summed E-state index contributed by atoms with van der Waals surface area (Å²) >= 11 is 0. The lowest BCUT2D eigenvalue weighted by Gasteiger charge is -2.35. The molecule has 7 nitrogen and oxygen atoms in total. The average molecular weight is 476 g/mol. The number of nitrogens with zero attached hydrogens (tertiary/aromatic N) is 3. The first-order valence-corrected chi connectivity index (χ1v) is 12.2. The van der Waals surface area contributed by atoms with Gasteiger partial charge in [-0.25, -0.2) is 4.79 Å². The van der Waals surface area contributed by atoms with Crippen molar-refractivity contribution >= 4 is 28.7 Å². The molecule has 1 aliphatic heterocycles. The summed E-state index contributed by atoms with van der Waals surface area (Å²) in [5.41, 5.74) is 2.11. The molecule has 4 rings (SSSR count). The lowest BCUT2D eigenvalue weighted by atomic mass is 10.00. The van der Waals surface area contributed by atoms with Crippen LogP contribution in [-0.2, 0) is 11.3 Å². The SMILES string of the molecule is CCCn1ccc2cc(C(=O)c3cccc(C(=O)N4CCN(C(=O)OC(C)(C)C)CC4)c3)ccc21. The Morgan fingerprint density at radius 3 is 2.20 bits per heavy atom. The van der Waals surface area contributed by atoms with E-state index >= 15 is 0 Å². The quantitative estimate of drug-likeness (QED) is 0.488. The molecule has 1 aliphatic rings. The molecule has 1 saturated heterocycles. The van der Waals surface area contributed by atoms with Gasteiger partial charge in [-0.1, -0.05) is 19.1 Å². The van der Waals surface area contributed by atoms with Crippen LogP contribution in [0.15, 0.2) is 54.7 Å². The minimum absolute atomic E-state index is 0.112. The van der Waals surface area contributed by atoms with Gasteiger partial charge in [-0.3, -0.25) is 9.59 Å². The predicted molar refractivity (Wildman–Crippen MR) is 136 cm³/mol. The van der Waals surface area contributed by atoms with Crippen LogP contribution in [0.3, 0.4) is 0 Å². The van der Waals surface area contributed by atoms with E-state index < -0.39 is 5.60 Å². The second kappa shape index (κ2) is 9.94. The molecule has 184 valence electrons. The first-order chi connectivity index (χ1) is 16.7. The van der Waals surface area contributed by atoms with Crippen LogP contribution in [0, 0.1) is 0 Å². The largest absolute Gasteiger partial charge is 0.444 e. The molecule has 0 aliphatic carbocycles. The van der Waals surface area contributed by atoms with Crippen LogP contribution in [0.1, 0.15) is 60.4 Å². The average Bonchev–Trinajstić information content (AvgIpc) is 3.24. The maximum Gasteiger partial charge on any atom is 0.410 e. The number of carbonyl (C=O) groups excluding carboxylic acids is 3. The molecule has 2 heterocycles. The molecule has 2 aromatic carbocycles. The Kier molecular flexibility index (Phi) is 6.96. The third-order valence-corrected chi connectivity index (χ3v) is 6.09. The maximum absolute atomic E-state index is 13.2. The fraction of sp³-hybridized carbons (Fsp3) is 0.393. The van der Waals surface area contributed by atoms with Crippen LogP contribution < -0.4 is 0 Å². The molecule has 0 spiro atoms. The topological polar surface area (TPSA) is 71.9 Å². The molecule has 0 bridgehead atoms. The van der Waals surface area contributed by atoms with Crippen molar-refractivity contribution in [3.63, 3.8) is 0 Å². The van der Waals surface area contributed by atoms with E-state index in [0.29, 0.717) is 42.9 Å². The lowest BCUT2D eigenvalue weighted by Crippen LogP contribution is -2.51. The van der Waals surface area contributed by atoms with Gasteiger partial charge in [-0.15, -0.1) is 0 Å². The summed E-state index contributed by atoms with van der Waals surface area (Å²) in [4.78, 5) is 42.0. The van der Waals surface area contributed by atoms with Gasteiger partial charge < -0.3 is 19.1 Å². The van der Waals surface area contributed by atoms with Gasteiger partial charge in [0.25, 0.3) is 5.91 Å². The Bertz CT molecular complexity index is 1250. The summed E-state index contributed by atoms with van der Waals surface area (Å²) in [7, 11) is 0. The van der Waals surface area contributed by atoms with Gasteiger partial charge in [0.2, 0.25) is 0 Å². The normalized spacial score (nSPS) is 14.3. The van der Waals surface area contributed by atoms with E-state index in [4.69, 9.17) is 4.74 Å². The first-order valence-electron chi connectivity index (χ1n) is 12.2. The molecule has 0 radical (unpaired) electrons. The number of aromatic nitrogens is 1. The van der Waals surface area contributed by atoms with E-state index in [9.17, 15) is 14.4 Å². The number of amides is 2. The summed E-state index contributed by atoms with van der Waals surface area (Å²) in [6.45, 7) is 10.2. The third kappa shape index (κ3) is 5.56. The van der Waals surface area contributed by atoms with Gasteiger partial charge in [0.15, 0.2) is 5.78 Å². The van der Waals surface area contributed by atoms with Crippen LogP contribution in [0.25, 0.3) is 10.9 Å². The Morgan fingerprint density at radius 2 is 1.51 bits per heavy atom. The van der Waals surface area contributed by atoms with E-state index in [-0.39, 0.29) is 17.8 Å². The van der Waals surface area contributed by atoms with Crippen molar-refractivity contribution in [2.24, 2.45) is 0 Å². The molecule has 3 aromatic rings. The third-order valence-electron chi connectivity index (χ3n) is 6.09. The van der Waals surface area contributed by atoms with Crippen molar-refractivity contribution in [3.05, 3.63) is 71.4 Å². The van der Waals surface area contributed by atoms with Crippen molar-refractivity contribution in [2.75, 3.05) is 26.2 Å². The zero-order valence-corrected chi connectivity index (χ0v) is 20.9. The highest BCUT2D eigenvalue weighted by Crippen LogP contribution is 2.21. The fourth-order valence-corrected chi connectivity index (χ4v) is 4.34. The molecule has 2 amide bonds. The highest BCUT2D eigenvalue weighted by molar-refractivity contribution is 6.11. The Balaban J connectivity index is 1.44. The van der Waals surface area contributed by atoms with Gasteiger partial charge in [0, 0.05) is 66.5 Å². The van der Waals surface area contributed by atoms with Crippen molar-refractivity contribution in [3.8, 4) is 0 Å². The van der Waals surface area contributed by atoms with Crippen LogP contribution in [0.2, 0.25) is 0 Å². The molecule has 0 N–H and O–H groups in total. The highest BCUT2D eigenvalue weighted by atomic mass is 16.6. The number of aryl methyl sites for hydroxylation is 1. The van der Waals surface area contributed by atoms with Crippen LogP contribution in [0.5, 0.6) is 0 Å². The lowest BCUT2D eigenvalue weighted by molar-refractivity contribution is 0.0141. The van der Waals surface area contributed by atoms with Crippen molar-refractivity contribution < 1.29 is 19.1 Å². The number of ether oxygens (including phenoxy) is 1. The number of benzene rings is 2. The van der Waals surface area contributed by atoms with Crippen molar-refractivity contribution in [1.29, 1.82) is 0 Å². The number of hydrogen-bond acceptors (Lipinski definition) is 4. The zero-order valence-electron chi connectivity index (χ0n) is 20.9. The number of piperazine rings is 1. The number of carbonyl (C=O) groups is 3. The summed E-state index contributed by atoms with van der Waals surface area (Å²) in [6.07, 6.45) is 2.73. The number of rotatable bonds is 5. The van der Waals surface area contributed by atoms with Crippen LogP contribution in [0.4, 0.5) is 4.79 Å². The molecule has 0 unspecified atom stereocenters. The van der Waals surface area contributed by atoms with E-state index in [2.05, 4.69) is 11.5 Å². The van der Waals surface area contributed by atoms with Crippen LogP contribution in [-0.4, -0.2) is 63.9 Å². The van der Waals surface area contributed by atoms with E-state index in [1.54, 1.807) is 34.1 Å². The Labute approximate surface area is 206 Å². The number of fused-ring (bicyclic) bond motifs is 1. The molecule has 7 heteroatoms. The van der Waals surface area contributed by atoms with Crippen molar-refractivity contribution in [1.82, 2.24) is 14.4 Å². The Morgan fingerprint density at radius 1 is 0.857 bits per heavy atom. The molecule has 35 heavy (non-hydrogen) atoms. The molecular weight excluding hydrogens is 442 g/mol. The minimum Gasteiger partial charge on any atom is -0.444 e. The zero-order chi connectivity index (χ0) is 25.2. The summed E-state index contributed by atoms with van der Waals surface area (Å²) in [5.74, 6) is -0.255. The van der Waals surface area contributed by atoms with E-state index in [0.717, 1.165) is 23.9 Å². The summed E-state index contributed by atoms with van der Waals surface area (Å²) in [6, 6.07) is 14.6. The monoisotopic (exact) mass is 475 g/mol. The molecule has 0 atom stereocenters. The van der Waals surface area contributed by atoms with Gasteiger partial charge in [0.05, 0.1) is 0 Å². The fourth-order valence-electron chi connectivity index (χ4n) is 4.34. The molecule has 0 saturated carbocycles.